The number of nitrogens with zero attached hydrogens (tertiary/aromatic N) is 3. The summed E-state index contributed by atoms with van der Waals surface area (Å²) in [4.78, 5) is 15.7. The molecule has 0 atom stereocenters. The maximum atomic E-state index is 12.6. The van der Waals surface area contributed by atoms with Crippen LogP contribution in [0.3, 0.4) is 0 Å². The van der Waals surface area contributed by atoms with Gasteiger partial charge in [0.1, 0.15) is 29.4 Å². The third kappa shape index (κ3) is 4.88. The van der Waals surface area contributed by atoms with Crippen molar-refractivity contribution in [1.82, 2.24) is 14.8 Å². The first-order valence-corrected chi connectivity index (χ1v) is 11.3. The second-order valence-corrected chi connectivity index (χ2v) is 8.81. The summed E-state index contributed by atoms with van der Waals surface area (Å²) in [6.45, 7) is 1.94. The molecule has 11 heteroatoms. The molecule has 0 aliphatic carbocycles. The first kappa shape index (κ1) is 22.1. The summed E-state index contributed by atoms with van der Waals surface area (Å²) >= 11 is 0. The molecule has 33 heavy (non-hydrogen) atoms. The molecule has 2 aromatic heterocycles. The SMILES string of the molecule is Cc1oc(-c2ccccc2)nc1COc1ccc(S(=O)(=O)Nc2nn(C)cc2C(=O)O)cc1. The first-order chi connectivity index (χ1) is 15.7. The van der Waals surface area contributed by atoms with Crippen LogP contribution in [0.2, 0.25) is 0 Å². The Labute approximate surface area is 189 Å². The van der Waals surface area contributed by atoms with Gasteiger partial charge in [-0.15, -0.1) is 0 Å². The lowest BCUT2D eigenvalue weighted by Gasteiger charge is -2.08. The Balaban J connectivity index is 1.45. The minimum Gasteiger partial charge on any atom is -0.487 e. The number of hydrogen-bond acceptors (Lipinski definition) is 7. The number of anilines is 1. The molecule has 0 amide bonds. The number of carboxylic acid groups (broad SMARTS) is 1. The third-order valence-electron chi connectivity index (χ3n) is 4.71. The van der Waals surface area contributed by atoms with Gasteiger partial charge in [-0.25, -0.2) is 18.2 Å². The van der Waals surface area contributed by atoms with E-state index in [4.69, 9.17) is 9.15 Å². The van der Waals surface area contributed by atoms with Crippen molar-refractivity contribution < 1.29 is 27.5 Å². The molecular weight excluding hydrogens is 448 g/mol. The topological polar surface area (TPSA) is 137 Å². The highest BCUT2D eigenvalue weighted by Crippen LogP contribution is 2.24. The van der Waals surface area contributed by atoms with Crippen LogP contribution >= 0.6 is 0 Å². The Morgan fingerprint density at radius 3 is 2.52 bits per heavy atom. The van der Waals surface area contributed by atoms with Gasteiger partial charge in [0.2, 0.25) is 5.89 Å². The Bertz CT molecular complexity index is 1390. The average Bonchev–Trinajstić information content (AvgIpc) is 3.34. The van der Waals surface area contributed by atoms with Crippen molar-refractivity contribution in [2.24, 2.45) is 7.05 Å². The summed E-state index contributed by atoms with van der Waals surface area (Å²) in [6, 6.07) is 15.2. The largest absolute Gasteiger partial charge is 0.487 e. The molecule has 170 valence electrons. The number of nitrogens with one attached hydrogen (secondary N) is 1. The van der Waals surface area contributed by atoms with E-state index in [1.807, 2.05) is 30.3 Å². The van der Waals surface area contributed by atoms with Crippen molar-refractivity contribution in [1.29, 1.82) is 0 Å². The number of aryl methyl sites for hydroxylation is 2. The predicted octanol–water partition coefficient (Wildman–Crippen LogP) is 3.46. The highest BCUT2D eigenvalue weighted by atomic mass is 32.2. The lowest BCUT2D eigenvalue weighted by Crippen LogP contribution is -2.15. The number of oxazole rings is 1. The molecular formula is C22H20N4O6S. The summed E-state index contributed by atoms with van der Waals surface area (Å²) in [5, 5.41) is 13.1. The van der Waals surface area contributed by atoms with Crippen molar-refractivity contribution in [3.8, 4) is 17.2 Å². The summed E-state index contributed by atoms with van der Waals surface area (Å²) in [6.07, 6.45) is 1.21. The number of carbonyl (C=O) groups is 1. The van der Waals surface area contributed by atoms with Crippen molar-refractivity contribution in [2.45, 2.75) is 18.4 Å². The van der Waals surface area contributed by atoms with Gasteiger partial charge in [-0.2, -0.15) is 5.10 Å². The van der Waals surface area contributed by atoms with E-state index in [1.165, 1.54) is 42.2 Å². The second-order valence-electron chi connectivity index (χ2n) is 7.12. The third-order valence-corrected chi connectivity index (χ3v) is 6.07. The maximum Gasteiger partial charge on any atom is 0.341 e. The molecule has 0 unspecified atom stereocenters. The van der Waals surface area contributed by atoms with Crippen LogP contribution in [0.4, 0.5) is 5.82 Å². The molecule has 0 aliphatic rings. The number of rotatable bonds is 8. The number of carboxylic acids is 1. The van der Waals surface area contributed by atoms with E-state index in [2.05, 4.69) is 14.8 Å². The molecule has 0 aliphatic heterocycles. The number of sulfonamides is 1. The normalized spacial score (nSPS) is 11.3. The Morgan fingerprint density at radius 2 is 1.85 bits per heavy atom. The fourth-order valence-corrected chi connectivity index (χ4v) is 4.06. The van der Waals surface area contributed by atoms with Gasteiger partial charge < -0.3 is 14.3 Å². The van der Waals surface area contributed by atoms with Gasteiger partial charge in [0.05, 0.1) is 4.90 Å². The fraction of sp³-hybridized carbons (Fsp3) is 0.136. The standard InChI is InChI=1S/C22H20N4O6S/c1-14-19(23-21(32-14)15-6-4-3-5-7-15)13-31-16-8-10-17(11-9-16)33(29,30)25-20-18(22(27)28)12-26(2)24-20/h3-12H,13H2,1-2H3,(H,24,25)(H,27,28). The Morgan fingerprint density at radius 1 is 1.15 bits per heavy atom. The zero-order chi connectivity index (χ0) is 23.6. The number of aromatic nitrogens is 3. The van der Waals surface area contributed by atoms with Crippen molar-refractivity contribution in [3.63, 3.8) is 0 Å². The summed E-state index contributed by atoms with van der Waals surface area (Å²) in [5.74, 6) is 0.00200. The van der Waals surface area contributed by atoms with Crippen LogP contribution < -0.4 is 9.46 Å². The minimum atomic E-state index is -4.05. The smallest absolute Gasteiger partial charge is 0.341 e. The molecule has 2 heterocycles. The molecule has 0 bridgehead atoms. The lowest BCUT2D eigenvalue weighted by atomic mass is 10.2. The molecule has 10 nitrogen and oxygen atoms in total. The van der Waals surface area contributed by atoms with Gasteiger partial charge in [-0.1, -0.05) is 18.2 Å². The van der Waals surface area contributed by atoms with E-state index >= 15 is 0 Å². The van der Waals surface area contributed by atoms with Crippen molar-refractivity contribution >= 4 is 21.8 Å². The zero-order valence-electron chi connectivity index (χ0n) is 17.7. The van der Waals surface area contributed by atoms with E-state index < -0.39 is 16.0 Å². The summed E-state index contributed by atoms with van der Waals surface area (Å²) < 4.78 is 40.1. The number of hydrogen-bond donors (Lipinski definition) is 2. The highest BCUT2D eigenvalue weighted by Gasteiger charge is 2.22. The van der Waals surface area contributed by atoms with E-state index in [0.29, 0.717) is 23.1 Å². The molecule has 0 fully saturated rings. The molecule has 0 spiro atoms. The maximum absolute atomic E-state index is 12.6. The molecule has 4 aromatic rings. The molecule has 0 saturated heterocycles. The molecule has 0 saturated carbocycles. The van der Waals surface area contributed by atoms with Gasteiger partial charge in [-0.3, -0.25) is 9.40 Å². The van der Waals surface area contributed by atoms with Gasteiger partial charge in [-0.05, 0) is 43.3 Å². The van der Waals surface area contributed by atoms with Crippen LogP contribution in [0, 0.1) is 6.92 Å². The first-order valence-electron chi connectivity index (χ1n) is 9.77. The van der Waals surface area contributed by atoms with E-state index in [-0.39, 0.29) is 22.9 Å². The van der Waals surface area contributed by atoms with Crippen LogP contribution in [0.5, 0.6) is 5.75 Å². The predicted molar refractivity (Wildman–Crippen MR) is 118 cm³/mol. The summed E-state index contributed by atoms with van der Waals surface area (Å²) in [5.41, 5.74) is 1.23. The van der Waals surface area contributed by atoms with Crippen LogP contribution in [-0.4, -0.2) is 34.3 Å². The minimum absolute atomic E-state index is 0.0687. The van der Waals surface area contributed by atoms with E-state index in [1.54, 1.807) is 6.92 Å². The zero-order valence-corrected chi connectivity index (χ0v) is 18.5. The second kappa shape index (κ2) is 8.79. The monoisotopic (exact) mass is 468 g/mol. The van der Waals surface area contributed by atoms with Gasteiger partial charge in [0, 0.05) is 18.8 Å². The number of aromatic carboxylic acids is 1. The molecule has 4 rings (SSSR count). The van der Waals surface area contributed by atoms with E-state index in [9.17, 15) is 18.3 Å². The average molecular weight is 468 g/mol. The van der Waals surface area contributed by atoms with Crippen molar-refractivity contribution in [3.05, 3.63) is 77.8 Å². The number of benzene rings is 2. The fourth-order valence-electron chi connectivity index (χ4n) is 3.04. The quantitative estimate of drug-likeness (QED) is 0.401. The van der Waals surface area contributed by atoms with Crippen molar-refractivity contribution in [2.75, 3.05) is 4.72 Å². The lowest BCUT2D eigenvalue weighted by molar-refractivity contribution is 0.0698. The number of ether oxygens (including phenoxy) is 1. The molecule has 2 aromatic carbocycles. The highest BCUT2D eigenvalue weighted by molar-refractivity contribution is 7.92. The van der Waals surface area contributed by atoms with Crippen LogP contribution in [-0.2, 0) is 23.7 Å². The van der Waals surface area contributed by atoms with Gasteiger partial charge in [0.25, 0.3) is 10.0 Å². The molecule has 0 radical (unpaired) electrons. The van der Waals surface area contributed by atoms with Gasteiger partial charge >= 0.3 is 5.97 Å². The van der Waals surface area contributed by atoms with Crippen LogP contribution in [0.15, 0.2) is 70.1 Å². The molecule has 2 N–H and O–H groups in total. The van der Waals surface area contributed by atoms with E-state index in [0.717, 1.165) is 5.56 Å². The van der Waals surface area contributed by atoms with Crippen LogP contribution in [0.25, 0.3) is 11.5 Å². The van der Waals surface area contributed by atoms with Crippen LogP contribution in [0.1, 0.15) is 21.8 Å². The van der Waals surface area contributed by atoms with Gasteiger partial charge in [0.15, 0.2) is 5.82 Å². The Kier molecular flexibility index (Phi) is 5.88. The Hall–Kier alpha value is -4.12. The summed E-state index contributed by atoms with van der Waals surface area (Å²) in [7, 11) is -2.55.